The largest absolute Gasteiger partial charge is 0.341 e. The van der Waals surface area contributed by atoms with E-state index in [0.29, 0.717) is 0 Å². The summed E-state index contributed by atoms with van der Waals surface area (Å²) in [6.45, 7) is 2.04. The minimum atomic E-state index is 0.785. The Morgan fingerprint density at radius 2 is 2.09 bits per heavy atom. The first-order valence-electron chi connectivity index (χ1n) is 7.18. The smallest absolute Gasteiger partial charge is 0.226 e. The lowest BCUT2D eigenvalue weighted by atomic mass is 10.1. The van der Waals surface area contributed by atoms with Gasteiger partial charge in [0.05, 0.1) is 6.20 Å². The van der Waals surface area contributed by atoms with Crippen LogP contribution in [0.15, 0.2) is 35.4 Å². The van der Waals surface area contributed by atoms with Crippen molar-refractivity contribution in [2.24, 2.45) is 12.2 Å². The van der Waals surface area contributed by atoms with Crippen molar-refractivity contribution in [3.05, 3.63) is 30.5 Å². The van der Waals surface area contributed by atoms with Crippen LogP contribution in [0.25, 0.3) is 22.3 Å². The van der Waals surface area contributed by atoms with E-state index in [4.69, 9.17) is 10.1 Å². The molecule has 1 aliphatic rings. The number of aryl methyl sites for hydroxylation is 1. The van der Waals surface area contributed by atoms with Gasteiger partial charge >= 0.3 is 0 Å². The normalized spacial score (nSPS) is 14.4. The monoisotopic (exact) mass is 312 g/mol. The van der Waals surface area contributed by atoms with Gasteiger partial charge in [0, 0.05) is 30.6 Å². The Hall–Kier alpha value is -2.12. The van der Waals surface area contributed by atoms with Crippen molar-refractivity contribution >= 4 is 28.9 Å². The summed E-state index contributed by atoms with van der Waals surface area (Å²) in [5.74, 6) is 0.785. The van der Waals surface area contributed by atoms with Crippen LogP contribution < -0.4 is 10.0 Å². The minimum absolute atomic E-state index is 0.785. The fourth-order valence-electron chi connectivity index (χ4n) is 2.64. The molecule has 3 aromatic rings. The van der Waals surface area contributed by atoms with Gasteiger partial charge in [-0.05, 0) is 30.5 Å². The van der Waals surface area contributed by atoms with Gasteiger partial charge in [-0.2, -0.15) is 5.10 Å². The maximum atomic E-state index is 5.69. The molecule has 0 spiro atoms. The molecule has 22 heavy (non-hydrogen) atoms. The fraction of sp³-hybridized carbons (Fsp3) is 0.267. The molecular formula is C15H16N6S. The molecule has 4 rings (SSSR count). The van der Waals surface area contributed by atoms with Crippen LogP contribution in [0.1, 0.15) is 6.42 Å². The molecule has 0 aliphatic carbocycles. The number of nitrogens with two attached hydrogens (primary N) is 1. The van der Waals surface area contributed by atoms with E-state index >= 15 is 0 Å². The van der Waals surface area contributed by atoms with E-state index < -0.39 is 0 Å². The summed E-state index contributed by atoms with van der Waals surface area (Å²) in [7, 11) is 1.92. The van der Waals surface area contributed by atoms with Gasteiger partial charge in [0.25, 0.3) is 0 Å². The third-order valence-corrected chi connectivity index (χ3v) is 4.48. The second kappa shape index (κ2) is 5.26. The van der Waals surface area contributed by atoms with Crippen LogP contribution in [0.5, 0.6) is 0 Å². The van der Waals surface area contributed by atoms with E-state index in [0.717, 1.165) is 46.2 Å². The van der Waals surface area contributed by atoms with Crippen LogP contribution in [0, 0.1) is 0 Å². The van der Waals surface area contributed by atoms with Gasteiger partial charge in [0.15, 0.2) is 0 Å². The molecule has 0 amide bonds. The van der Waals surface area contributed by atoms with Crippen molar-refractivity contribution in [1.29, 1.82) is 0 Å². The van der Waals surface area contributed by atoms with Gasteiger partial charge in [-0.15, -0.1) is 0 Å². The van der Waals surface area contributed by atoms with E-state index in [2.05, 4.69) is 21.0 Å². The van der Waals surface area contributed by atoms with Crippen LogP contribution in [0.2, 0.25) is 0 Å². The van der Waals surface area contributed by atoms with Gasteiger partial charge < -0.3 is 4.90 Å². The summed E-state index contributed by atoms with van der Waals surface area (Å²) < 4.78 is 1.83. The average Bonchev–Trinajstić information content (AvgIpc) is 2.86. The molecule has 1 saturated heterocycles. The van der Waals surface area contributed by atoms with Crippen LogP contribution in [-0.4, -0.2) is 32.8 Å². The Morgan fingerprint density at radius 1 is 1.23 bits per heavy atom. The number of fused-ring (bicyclic) bond motifs is 1. The molecule has 3 heterocycles. The van der Waals surface area contributed by atoms with E-state index in [9.17, 15) is 0 Å². The molecular weight excluding hydrogens is 296 g/mol. The summed E-state index contributed by atoms with van der Waals surface area (Å²) in [6.07, 6.45) is 2.99. The molecule has 6 nitrogen and oxygen atoms in total. The summed E-state index contributed by atoms with van der Waals surface area (Å²) in [5, 5.41) is 10.0. The molecule has 0 radical (unpaired) electrons. The molecule has 7 heteroatoms. The van der Waals surface area contributed by atoms with Crippen molar-refractivity contribution < 1.29 is 0 Å². The van der Waals surface area contributed by atoms with Crippen molar-refractivity contribution in [2.75, 3.05) is 18.0 Å². The van der Waals surface area contributed by atoms with Crippen LogP contribution in [0.3, 0.4) is 0 Å². The zero-order chi connectivity index (χ0) is 15.1. The molecule has 0 saturated carbocycles. The Balaban J connectivity index is 1.95. The lowest BCUT2D eigenvalue weighted by Gasteiger charge is -2.31. The molecule has 0 atom stereocenters. The molecule has 1 aromatic carbocycles. The molecule has 2 aromatic heterocycles. The van der Waals surface area contributed by atoms with Crippen LogP contribution >= 0.6 is 11.9 Å². The molecule has 0 bridgehead atoms. The van der Waals surface area contributed by atoms with Crippen molar-refractivity contribution in [3.63, 3.8) is 0 Å². The molecule has 2 N–H and O–H groups in total. The zero-order valence-corrected chi connectivity index (χ0v) is 13.0. The lowest BCUT2D eigenvalue weighted by Crippen LogP contribution is -2.38. The second-order valence-electron chi connectivity index (χ2n) is 5.36. The first-order valence-corrected chi connectivity index (χ1v) is 8.06. The number of benzene rings is 1. The third kappa shape index (κ3) is 2.13. The van der Waals surface area contributed by atoms with Crippen molar-refractivity contribution in [1.82, 2.24) is 19.7 Å². The maximum absolute atomic E-state index is 5.69. The van der Waals surface area contributed by atoms with Gasteiger partial charge in [-0.1, -0.05) is 12.1 Å². The first-order chi connectivity index (χ1) is 10.8. The number of hydrogen-bond donors (Lipinski definition) is 1. The average molecular weight is 312 g/mol. The first kappa shape index (κ1) is 13.5. The predicted octanol–water partition coefficient (Wildman–Crippen LogP) is 2.21. The van der Waals surface area contributed by atoms with Gasteiger partial charge in [0.1, 0.15) is 16.7 Å². The number of hydrogen-bond acceptors (Lipinski definition) is 6. The minimum Gasteiger partial charge on any atom is -0.341 e. The van der Waals surface area contributed by atoms with Gasteiger partial charge in [-0.25, -0.2) is 9.97 Å². The topological polar surface area (TPSA) is 72.9 Å². The summed E-state index contributed by atoms with van der Waals surface area (Å²) in [6, 6.07) is 8.10. The quantitative estimate of drug-likeness (QED) is 0.748. The molecule has 1 fully saturated rings. The molecule has 112 valence electrons. The number of anilines is 1. The second-order valence-corrected chi connectivity index (χ2v) is 6.07. The number of aromatic nitrogens is 4. The standard InChI is InChI=1S/C15H16N6S/c1-20-14-12(9-17-20)18-15(21-6-3-7-21)19-13(14)10-4-2-5-11(8-10)22-16/h2,4-5,8-9H,3,6-7,16H2,1H3. The third-order valence-electron chi connectivity index (χ3n) is 3.96. The zero-order valence-electron chi connectivity index (χ0n) is 12.2. The van der Waals surface area contributed by atoms with Gasteiger partial charge in [-0.3, -0.25) is 9.82 Å². The predicted molar refractivity (Wildman–Crippen MR) is 88.6 cm³/mol. The summed E-state index contributed by atoms with van der Waals surface area (Å²) in [5.41, 5.74) is 3.76. The lowest BCUT2D eigenvalue weighted by molar-refractivity contribution is 0.602. The van der Waals surface area contributed by atoms with Crippen LogP contribution in [-0.2, 0) is 7.05 Å². The number of rotatable bonds is 3. The van der Waals surface area contributed by atoms with Crippen LogP contribution in [0.4, 0.5) is 5.95 Å². The van der Waals surface area contributed by atoms with E-state index in [1.54, 1.807) is 6.20 Å². The maximum Gasteiger partial charge on any atom is 0.226 e. The van der Waals surface area contributed by atoms with E-state index in [1.165, 1.54) is 18.4 Å². The fourth-order valence-corrected chi connectivity index (χ4v) is 3.00. The Morgan fingerprint density at radius 3 is 2.82 bits per heavy atom. The SMILES string of the molecule is Cn1ncc2nc(N3CCC3)nc(-c3cccc(SN)c3)c21. The highest BCUT2D eigenvalue weighted by Crippen LogP contribution is 2.30. The number of nitrogens with zero attached hydrogens (tertiary/aromatic N) is 5. The van der Waals surface area contributed by atoms with E-state index in [-0.39, 0.29) is 0 Å². The van der Waals surface area contributed by atoms with Crippen molar-refractivity contribution in [3.8, 4) is 11.3 Å². The summed E-state index contributed by atoms with van der Waals surface area (Å²) in [4.78, 5) is 12.7. The summed E-state index contributed by atoms with van der Waals surface area (Å²) >= 11 is 1.24. The van der Waals surface area contributed by atoms with Gasteiger partial charge in [0.2, 0.25) is 5.95 Å². The molecule has 1 aliphatic heterocycles. The highest BCUT2D eigenvalue weighted by atomic mass is 32.2. The Bertz CT molecular complexity index is 839. The van der Waals surface area contributed by atoms with Crippen molar-refractivity contribution in [2.45, 2.75) is 11.3 Å². The van der Waals surface area contributed by atoms with E-state index in [1.807, 2.05) is 29.9 Å². The highest BCUT2D eigenvalue weighted by molar-refractivity contribution is 7.97. The Kier molecular flexibility index (Phi) is 3.24. The Labute approximate surface area is 132 Å². The highest BCUT2D eigenvalue weighted by Gasteiger charge is 2.21. The molecule has 0 unspecified atom stereocenters.